The highest BCUT2D eigenvalue weighted by atomic mass is 32.2. The molecule has 1 saturated heterocycles. The lowest BCUT2D eigenvalue weighted by Crippen LogP contribution is -2.67. The summed E-state index contributed by atoms with van der Waals surface area (Å²) in [6.45, 7) is 15.3. The molecule has 0 aromatic carbocycles. The van der Waals surface area contributed by atoms with Crippen molar-refractivity contribution in [2.45, 2.75) is 59.0 Å². The van der Waals surface area contributed by atoms with Crippen LogP contribution in [0.4, 0.5) is 0 Å². The lowest BCUT2D eigenvalue weighted by Gasteiger charge is -2.52. The highest BCUT2D eigenvalue weighted by molar-refractivity contribution is 7.98. The van der Waals surface area contributed by atoms with Gasteiger partial charge in [0, 0.05) is 37.0 Å². The molecule has 1 aliphatic rings. The molecule has 0 aromatic rings. The van der Waals surface area contributed by atoms with E-state index in [1.54, 1.807) is 0 Å². The third kappa shape index (κ3) is 3.64. The molecule has 0 spiro atoms. The molecule has 1 unspecified atom stereocenters. The molecule has 1 heterocycles. The average Bonchev–Trinajstić information content (AvgIpc) is 2.34. The second kappa shape index (κ2) is 6.62. The summed E-state index contributed by atoms with van der Waals surface area (Å²) >= 11 is 1.96. The Morgan fingerprint density at radius 2 is 1.89 bits per heavy atom. The van der Waals surface area contributed by atoms with Gasteiger partial charge in [0.2, 0.25) is 0 Å². The van der Waals surface area contributed by atoms with Gasteiger partial charge >= 0.3 is 0 Å². The van der Waals surface area contributed by atoms with E-state index in [9.17, 15) is 0 Å². The van der Waals surface area contributed by atoms with Crippen LogP contribution in [-0.2, 0) is 0 Å². The number of nitrogens with one attached hydrogen (secondary N) is 1. The molecular weight excluding hydrogens is 240 g/mol. The fourth-order valence-electron chi connectivity index (χ4n) is 2.96. The van der Waals surface area contributed by atoms with E-state index in [2.05, 4.69) is 51.1 Å². The van der Waals surface area contributed by atoms with Gasteiger partial charge in [-0.3, -0.25) is 4.90 Å². The molecule has 0 bridgehead atoms. The van der Waals surface area contributed by atoms with E-state index < -0.39 is 0 Å². The zero-order valence-electron chi connectivity index (χ0n) is 13.2. The minimum absolute atomic E-state index is 0.352. The van der Waals surface area contributed by atoms with Crippen LogP contribution >= 0.6 is 11.8 Å². The molecule has 18 heavy (non-hydrogen) atoms. The first kappa shape index (κ1) is 16.3. The van der Waals surface area contributed by atoms with E-state index in [1.165, 1.54) is 31.7 Å². The quantitative estimate of drug-likeness (QED) is 0.827. The van der Waals surface area contributed by atoms with Gasteiger partial charge in [-0.1, -0.05) is 34.6 Å². The maximum Gasteiger partial charge on any atom is 0.0329 e. The third-order valence-electron chi connectivity index (χ3n) is 4.68. The Morgan fingerprint density at radius 3 is 2.33 bits per heavy atom. The summed E-state index contributed by atoms with van der Waals surface area (Å²) in [7, 11) is 0. The van der Waals surface area contributed by atoms with Crippen molar-refractivity contribution >= 4 is 11.8 Å². The highest BCUT2D eigenvalue weighted by Gasteiger charge is 2.41. The molecular formula is C15H32N2S. The van der Waals surface area contributed by atoms with E-state index in [1.807, 2.05) is 11.8 Å². The second-order valence-electron chi connectivity index (χ2n) is 6.67. The van der Waals surface area contributed by atoms with Gasteiger partial charge in [0.25, 0.3) is 0 Å². The van der Waals surface area contributed by atoms with Gasteiger partial charge in [-0.15, -0.1) is 0 Å². The molecule has 1 atom stereocenters. The van der Waals surface area contributed by atoms with Crippen LogP contribution in [0.15, 0.2) is 0 Å². The predicted octanol–water partition coefficient (Wildman–Crippen LogP) is 3.23. The van der Waals surface area contributed by atoms with Crippen LogP contribution < -0.4 is 5.32 Å². The number of thioether (sulfide) groups is 1. The Kier molecular flexibility index (Phi) is 6.01. The van der Waals surface area contributed by atoms with E-state index in [4.69, 9.17) is 0 Å². The van der Waals surface area contributed by atoms with Gasteiger partial charge in [0.05, 0.1) is 0 Å². The van der Waals surface area contributed by atoms with Crippen LogP contribution in [0.3, 0.4) is 0 Å². The normalized spacial score (nSPS) is 25.3. The maximum absolute atomic E-state index is 3.81. The fraction of sp³-hybridized carbons (Fsp3) is 1.00. The number of piperazine rings is 1. The molecule has 0 amide bonds. The van der Waals surface area contributed by atoms with Crippen molar-refractivity contribution in [2.24, 2.45) is 5.41 Å². The van der Waals surface area contributed by atoms with Crippen LogP contribution in [0.5, 0.6) is 0 Å². The van der Waals surface area contributed by atoms with Crippen LogP contribution in [0.25, 0.3) is 0 Å². The molecule has 2 nitrogen and oxygen atoms in total. The van der Waals surface area contributed by atoms with Crippen molar-refractivity contribution in [3.8, 4) is 0 Å². The van der Waals surface area contributed by atoms with Gasteiger partial charge in [0.1, 0.15) is 0 Å². The molecule has 3 heteroatoms. The largest absolute Gasteiger partial charge is 0.310 e. The number of hydrogen-bond acceptors (Lipinski definition) is 3. The highest BCUT2D eigenvalue weighted by Crippen LogP contribution is 2.31. The molecule has 108 valence electrons. The van der Waals surface area contributed by atoms with E-state index in [0.717, 1.165) is 6.54 Å². The third-order valence-corrected chi connectivity index (χ3v) is 5.27. The smallest absolute Gasteiger partial charge is 0.0329 e. The molecule has 1 aliphatic heterocycles. The summed E-state index contributed by atoms with van der Waals surface area (Å²) in [6.07, 6.45) is 4.71. The van der Waals surface area contributed by atoms with Crippen molar-refractivity contribution < 1.29 is 0 Å². The summed E-state index contributed by atoms with van der Waals surface area (Å²) in [4.78, 5) is 2.76. The topological polar surface area (TPSA) is 15.3 Å². The Bertz CT molecular complexity index is 243. The molecule has 1 fully saturated rings. The molecule has 0 aliphatic carbocycles. The first-order valence-electron chi connectivity index (χ1n) is 7.37. The molecule has 1 rings (SSSR count). The minimum atomic E-state index is 0.352. The van der Waals surface area contributed by atoms with Gasteiger partial charge in [-0.2, -0.15) is 11.8 Å². The SMILES string of the molecule is CCC1(CC)CNC(C(C)(C)C)CN1CCSC. The zero-order valence-corrected chi connectivity index (χ0v) is 14.0. The first-order chi connectivity index (χ1) is 8.39. The maximum atomic E-state index is 3.81. The molecule has 0 saturated carbocycles. The minimum Gasteiger partial charge on any atom is -0.310 e. The predicted molar refractivity (Wildman–Crippen MR) is 84.5 cm³/mol. The van der Waals surface area contributed by atoms with Crippen LogP contribution in [-0.4, -0.2) is 48.1 Å². The van der Waals surface area contributed by atoms with Crippen molar-refractivity contribution in [1.82, 2.24) is 10.2 Å². The summed E-state index contributed by atoms with van der Waals surface area (Å²) in [5.41, 5.74) is 0.739. The number of hydrogen-bond donors (Lipinski definition) is 1. The van der Waals surface area contributed by atoms with Crippen molar-refractivity contribution in [2.75, 3.05) is 31.6 Å². The van der Waals surface area contributed by atoms with Crippen molar-refractivity contribution in [3.05, 3.63) is 0 Å². The first-order valence-corrected chi connectivity index (χ1v) is 8.76. The van der Waals surface area contributed by atoms with Crippen LogP contribution in [0, 0.1) is 5.41 Å². The van der Waals surface area contributed by atoms with E-state index >= 15 is 0 Å². The zero-order chi connectivity index (χ0) is 13.8. The van der Waals surface area contributed by atoms with E-state index in [-0.39, 0.29) is 0 Å². The van der Waals surface area contributed by atoms with E-state index in [0.29, 0.717) is 17.0 Å². The second-order valence-corrected chi connectivity index (χ2v) is 7.66. The Morgan fingerprint density at radius 1 is 1.28 bits per heavy atom. The van der Waals surface area contributed by atoms with Gasteiger partial charge in [-0.25, -0.2) is 0 Å². The van der Waals surface area contributed by atoms with Crippen LogP contribution in [0.1, 0.15) is 47.5 Å². The molecule has 0 aromatic heterocycles. The summed E-state index contributed by atoms with van der Waals surface area (Å²) in [5, 5.41) is 3.81. The number of nitrogens with zero attached hydrogens (tertiary/aromatic N) is 1. The monoisotopic (exact) mass is 272 g/mol. The summed E-state index contributed by atoms with van der Waals surface area (Å²) in [5.74, 6) is 1.25. The molecule has 0 radical (unpaired) electrons. The lowest BCUT2D eigenvalue weighted by molar-refractivity contribution is 0.0127. The fourth-order valence-corrected chi connectivity index (χ4v) is 3.36. The number of rotatable bonds is 5. The van der Waals surface area contributed by atoms with Crippen molar-refractivity contribution in [1.29, 1.82) is 0 Å². The lowest BCUT2D eigenvalue weighted by atomic mass is 9.80. The van der Waals surface area contributed by atoms with Gasteiger partial charge < -0.3 is 5.32 Å². The standard InChI is InChI=1S/C15H32N2S/c1-7-15(8-2)12-16-13(14(3,4)5)11-17(15)9-10-18-6/h13,16H,7-12H2,1-6H3. The summed E-state index contributed by atoms with van der Waals surface area (Å²) < 4.78 is 0. The Labute approximate surface area is 118 Å². The van der Waals surface area contributed by atoms with Crippen molar-refractivity contribution in [3.63, 3.8) is 0 Å². The van der Waals surface area contributed by atoms with Gasteiger partial charge in [-0.05, 0) is 24.5 Å². The molecule has 1 N–H and O–H groups in total. The summed E-state index contributed by atoms with van der Waals surface area (Å²) in [6, 6.07) is 0.616. The van der Waals surface area contributed by atoms with Gasteiger partial charge in [0.15, 0.2) is 0 Å². The van der Waals surface area contributed by atoms with Crippen LogP contribution in [0.2, 0.25) is 0 Å². The Balaban J connectivity index is 2.78. The Hall–Kier alpha value is 0.270. The average molecular weight is 273 g/mol.